The zero-order valence-corrected chi connectivity index (χ0v) is 10.5. The number of halogens is 1. The van der Waals surface area contributed by atoms with Crippen LogP contribution in [0.1, 0.15) is 11.6 Å². The molecule has 0 saturated heterocycles. The zero-order chi connectivity index (χ0) is 13.4. The van der Waals surface area contributed by atoms with Gasteiger partial charge in [0.2, 0.25) is 5.95 Å². The van der Waals surface area contributed by atoms with Crippen molar-refractivity contribution >= 4 is 23.4 Å². The third-order valence-electron chi connectivity index (χ3n) is 2.94. The standard InChI is InChI=1S/C12H9ClN6/c13-8-3-1-7(2-4-8)10-9(5-14)11(15)19-12(18-10)16-6-17-19/h1-4,6,10H,15H2,(H,16,17,18)/t10-/m1/s1. The average Bonchev–Trinajstić information content (AvgIpc) is 2.88. The van der Waals surface area contributed by atoms with Crippen LogP contribution in [0.25, 0.3) is 5.82 Å². The van der Waals surface area contributed by atoms with Crippen molar-refractivity contribution < 1.29 is 0 Å². The molecule has 0 amide bonds. The second kappa shape index (κ2) is 4.30. The molecule has 6 nitrogen and oxygen atoms in total. The molecular formula is C12H9ClN6. The fourth-order valence-corrected chi connectivity index (χ4v) is 2.13. The lowest BCUT2D eigenvalue weighted by Crippen LogP contribution is -2.27. The fraction of sp³-hybridized carbons (Fsp3) is 0.0833. The number of fused-ring (bicyclic) bond motifs is 1. The van der Waals surface area contributed by atoms with Gasteiger partial charge >= 0.3 is 0 Å². The van der Waals surface area contributed by atoms with Gasteiger partial charge in [-0.1, -0.05) is 23.7 Å². The van der Waals surface area contributed by atoms with Gasteiger partial charge in [-0.3, -0.25) is 0 Å². The molecule has 0 saturated carbocycles. The van der Waals surface area contributed by atoms with Crippen molar-refractivity contribution in [3.8, 4) is 6.07 Å². The lowest BCUT2D eigenvalue weighted by molar-refractivity contribution is 0.794. The molecule has 3 rings (SSSR count). The summed E-state index contributed by atoms with van der Waals surface area (Å²) < 4.78 is 1.41. The monoisotopic (exact) mass is 272 g/mol. The Kier molecular flexibility index (Phi) is 2.62. The van der Waals surface area contributed by atoms with Gasteiger partial charge in [0.1, 0.15) is 18.2 Å². The molecule has 7 heteroatoms. The molecule has 1 aromatic carbocycles. The molecule has 0 spiro atoms. The summed E-state index contributed by atoms with van der Waals surface area (Å²) in [5, 5.41) is 17.0. The number of benzene rings is 1. The predicted molar refractivity (Wildman–Crippen MR) is 70.9 cm³/mol. The number of anilines is 1. The number of nitrogens with two attached hydrogens (primary N) is 1. The quantitative estimate of drug-likeness (QED) is 0.825. The summed E-state index contributed by atoms with van der Waals surface area (Å²) in [7, 11) is 0. The van der Waals surface area contributed by atoms with Crippen LogP contribution in [0, 0.1) is 11.3 Å². The summed E-state index contributed by atoms with van der Waals surface area (Å²) in [6.45, 7) is 0. The Labute approximate surface area is 114 Å². The van der Waals surface area contributed by atoms with E-state index in [1.807, 2.05) is 12.1 Å². The maximum absolute atomic E-state index is 9.30. The number of nitrogens with one attached hydrogen (secondary N) is 1. The minimum Gasteiger partial charge on any atom is -0.383 e. The van der Waals surface area contributed by atoms with Crippen LogP contribution < -0.4 is 11.1 Å². The van der Waals surface area contributed by atoms with Crippen LogP contribution in [0.4, 0.5) is 5.95 Å². The van der Waals surface area contributed by atoms with Crippen molar-refractivity contribution in [2.75, 3.05) is 5.32 Å². The topological polar surface area (TPSA) is 92.5 Å². The Balaban J connectivity index is 2.11. The van der Waals surface area contributed by atoms with Crippen LogP contribution in [0.3, 0.4) is 0 Å². The molecule has 0 aliphatic carbocycles. The van der Waals surface area contributed by atoms with Crippen molar-refractivity contribution in [1.82, 2.24) is 14.8 Å². The fourth-order valence-electron chi connectivity index (χ4n) is 2.01. The summed E-state index contributed by atoms with van der Waals surface area (Å²) in [5.41, 5.74) is 7.24. The van der Waals surface area contributed by atoms with E-state index in [1.165, 1.54) is 11.0 Å². The number of rotatable bonds is 1. The Hall–Kier alpha value is -2.52. The van der Waals surface area contributed by atoms with Crippen LogP contribution in [0.2, 0.25) is 5.02 Å². The van der Waals surface area contributed by atoms with Crippen LogP contribution in [0.5, 0.6) is 0 Å². The highest BCUT2D eigenvalue weighted by atomic mass is 35.5. The van der Waals surface area contributed by atoms with E-state index in [-0.39, 0.29) is 11.9 Å². The number of aromatic nitrogens is 3. The average molecular weight is 273 g/mol. The van der Waals surface area contributed by atoms with Gasteiger partial charge in [0.25, 0.3) is 0 Å². The first kappa shape index (κ1) is 11.6. The molecule has 1 aromatic heterocycles. The maximum Gasteiger partial charge on any atom is 0.228 e. The van der Waals surface area contributed by atoms with E-state index >= 15 is 0 Å². The lowest BCUT2D eigenvalue weighted by Gasteiger charge is -2.25. The molecule has 2 heterocycles. The number of nitriles is 1. The van der Waals surface area contributed by atoms with Crippen molar-refractivity contribution in [3.05, 3.63) is 46.8 Å². The van der Waals surface area contributed by atoms with Gasteiger partial charge in [0.05, 0.1) is 11.6 Å². The van der Waals surface area contributed by atoms with Crippen molar-refractivity contribution in [2.45, 2.75) is 6.04 Å². The number of hydrogen-bond donors (Lipinski definition) is 2. The van der Waals surface area contributed by atoms with Crippen molar-refractivity contribution in [3.63, 3.8) is 0 Å². The predicted octanol–water partition coefficient (Wildman–Crippen LogP) is 1.75. The maximum atomic E-state index is 9.30. The van der Waals surface area contributed by atoms with E-state index in [4.69, 9.17) is 17.3 Å². The third kappa shape index (κ3) is 1.80. The first-order chi connectivity index (χ1) is 9.20. The smallest absolute Gasteiger partial charge is 0.228 e. The largest absolute Gasteiger partial charge is 0.383 e. The second-order valence-corrected chi connectivity index (χ2v) is 4.47. The summed E-state index contributed by atoms with van der Waals surface area (Å²) in [6.07, 6.45) is 1.38. The summed E-state index contributed by atoms with van der Waals surface area (Å²) in [4.78, 5) is 4.06. The Morgan fingerprint density at radius 1 is 1.37 bits per heavy atom. The highest BCUT2D eigenvalue weighted by molar-refractivity contribution is 6.30. The Morgan fingerprint density at radius 3 is 2.79 bits per heavy atom. The van der Waals surface area contributed by atoms with E-state index in [0.717, 1.165) is 5.56 Å². The highest BCUT2D eigenvalue weighted by Crippen LogP contribution is 2.32. The Bertz CT molecular complexity index is 694. The van der Waals surface area contributed by atoms with Gasteiger partial charge in [-0.25, -0.2) is 0 Å². The van der Waals surface area contributed by atoms with Crippen LogP contribution in [0.15, 0.2) is 36.2 Å². The molecule has 0 fully saturated rings. The molecule has 0 unspecified atom stereocenters. The summed E-state index contributed by atoms with van der Waals surface area (Å²) >= 11 is 5.86. The van der Waals surface area contributed by atoms with E-state index in [1.54, 1.807) is 12.1 Å². The van der Waals surface area contributed by atoms with Crippen LogP contribution in [-0.2, 0) is 0 Å². The van der Waals surface area contributed by atoms with Crippen LogP contribution >= 0.6 is 11.6 Å². The summed E-state index contributed by atoms with van der Waals surface area (Å²) in [6, 6.07) is 8.99. The van der Waals surface area contributed by atoms with E-state index < -0.39 is 0 Å². The van der Waals surface area contributed by atoms with Gasteiger partial charge < -0.3 is 11.1 Å². The first-order valence-corrected chi connectivity index (χ1v) is 5.90. The minimum atomic E-state index is -0.348. The molecule has 0 radical (unpaired) electrons. The number of hydrogen-bond acceptors (Lipinski definition) is 5. The summed E-state index contributed by atoms with van der Waals surface area (Å²) in [5.74, 6) is 0.796. The molecule has 1 atom stereocenters. The lowest BCUT2D eigenvalue weighted by atomic mass is 9.98. The molecule has 0 bridgehead atoms. The molecule has 2 aromatic rings. The van der Waals surface area contributed by atoms with Gasteiger partial charge in [-0.2, -0.15) is 20.0 Å². The third-order valence-corrected chi connectivity index (χ3v) is 3.19. The first-order valence-electron chi connectivity index (χ1n) is 5.53. The van der Waals surface area contributed by atoms with Gasteiger partial charge in [0.15, 0.2) is 0 Å². The van der Waals surface area contributed by atoms with Crippen molar-refractivity contribution in [1.29, 1.82) is 5.26 Å². The zero-order valence-electron chi connectivity index (χ0n) is 9.71. The van der Waals surface area contributed by atoms with Gasteiger partial charge in [-0.15, -0.1) is 0 Å². The molecular weight excluding hydrogens is 264 g/mol. The highest BCUT2D eigenvalue weighted by Gasteiger charge is 2.28. The van der Waals surface area contributed by atoms with Crippen molar-refractivity contribution in [2.24, 2.45) is 5.73 Å². The SMILES string of the molecule is N#CC1=C(N)n2ncnc2N[C@@H]1c1ccc(Cl)cc1. The number of nitrogens with zero attached hydrogens (tertiary/aromatic N) is 4. The molecule has 1 aliphatic rings. The van der Waals surface area contributed by atoms with E-state index in [0.29, 0.717) is 16.5 Å². The second-order valence-electron chi connectivity index (χ2n) is 4.04. The van der Waals surface area contributed by atoms with E-state index in [9.17, 15) is 5.26 Å². The molecule has 19 heavy (non-hydrogen) atoms. The normalized spacial score (nSPS) is 17.6. The molecule has 1 aliphatic heterocycles. The van der Waals surface area contributed by atoms with Gasteiger partial charge in [0, 0.05) is 5.02 Å². The van der Waals surface area contributed by atoms with Gasteiger partial charge in [-0.05, 0) is 17.7 Å². The minimum absolute atomic E-state index is 0.286. The van der Waals surface area contributed by atoms with E-state index in [2.05, 4.69) is 21.5 Å². The Morgan fingerprint density at radius 2 is 2.11 bits per heavy atom. The molecule has 3 N–H and O–H groups in total. The molecule has 94 valence electrons. The van der Waals surface area contributed by atoms with Crippen LogP contribution in [-0.4, -0.2) is 14.8 Å².